The van der Waals surface area contributed by atoms with Gasteiger partial charge in [-0.25, -0.2) is 0 Å². The van der Waals surface area contributed by atoms with E-state index < -0.39 is 6.04 Å². The first-order chi connectivity index (χ1) is 9.77. The molecule has 1 amide bonds. The van der Waals surface area contributed by atoms with Crippen LogP contribution in [0.4, 0.5) is 0 Å². The molecule has 1 rings (SSSR count). The maximum absolute atomic E-state index is 12.6. The minimum atomic E-state index is -0.472. The molecule has 1 aromatic carbocycles. The number of hydrogen-bond acceptors (Lipinski definition) is 2. The number of nitrogens with two attached hydrogens (primary N) is 1. The highest BCUT2D eigenvalue weighted by molar-refractivity contribution is 6.42. The zero-order chi connectivity index (χ0) is 16.2. The summed E-state index contributed by atoms with van der Waals surface area (Å²) in [5, 5.41) is 1.01. The van der Waals surface area contributed by atoms with E-state index >= 15 is 0 Å². The van der Waals surface area contributed by atoms with Gasteiger partial charge in [0.2, 0.25) is 5.91 Å². The molecule has 2 unspecified atom stereocenters. The quantitative estimate of drug-likeness (QED) is 0.853. The first-order valence-electron chi connectivity index (χ1n) is 7.27. The summed E-state index contributed by atoms with van der Waals surface area (Å²) in [6.45, 7) is 8.49. The summed E-state index contributed by atoms with van der Waals surface area (Å²) >= 11 is 12.0. The van der Waals surface area contributed by atoms with Crippen LogP contribution in [0, 0.1) is 5.92 Å². The lowest BCUT2D eigenvalue weighted by atomic mass is 9.98. The van der Waals surface area contributed by atoms with Gasteiger partial charge in [-0.2, -0.15) is 0 Å². The van der Waals surface area contributed by atoms with Crippen LogP contribution >= 0.6 is 23.2 Å². The van der Waals surface area contributed by atoms with E-state index in [1.54, 1.807) is 17.0 Å². The molecular weight excluding hydrogens is 307 g/mol. The Morgan fingerprint density at radius 2 is 1.86 bits per heavy atom. The Morgan fingerprint density at radius 1 is 1.24 bits per heavy atom. The summed E-state index contributed by atoms with van der Waals surface area (Å²) < 4.78 is 0. The molecule has 0 bridgehead atoms. The summed E-state index contributed by atoms with van der Waals surface area (Å²) in [6.07, 6.45) is 0.881. The van der Waals surface area contributed by atoms with E-state index in [2.05, 4.69) is 0 Å². The van der Waals surface area contributed by atoms with Gasteiger partial charge in [0.05, 0.1) is 16.1 Å². The zero-order valence-electron chi connectivity index (χ0n) is 13.1. The Bertz CT molecular complexity index is 491. The van der Waals surface area contributed by atoms with Crippen molar-refractivity contribution in [2.24, 2.45) is 11.7 Å². The van der Waals surface area contributed by atoms with Crippen LogP contribution in [0.3, 0.4) is 0 Å². The molecule has 21 heavy (non-hydrogen) atoms. The van der Waals surface area contributed by atoms with Gasteiger partial charge in [-0.3, -0.25) is 4.79 Å². The molecule has 2 N–H and O–H groups in total. The minimum Gasteiger partial charge on any atom is -0.335 e. The second kappa shape index (κ2) is 8.02. The number of nitrogens with zero attached hydrogens (tertiary/aromatic N) is 1. The summed E-state index contributed by atoms with van der Waals surface area (Å²) in [7, 11) is 0. The van der Waals surface area contributed by atoms with Crippen LogP contribution in [-0.4, -0.2) is 22.9 Å². The largest absolute Gasteiger partial charge is 0.335 e. The molecule has 0 radical (unpaired) electrons. The van der Waals surface area contributed by atoms with E-state index in [9.17, 15) is 4.79 Å². The number of halogens is 2. The van der Waals surface area contributed by atoms with Crippen LogP contribution in [0.5, 0.6) is 0 Å². The van der Waals surface area contributed by atoms with E-state index in [4.69, 9.17) is 28.9 Å². The lowest BCUT2D eigenvalue weighted by molar-refractivity contribution is -0.136. The summed E-state index contributed by atoms with van der Waals surface area (Å²) in [5.74, 6) is 0.137. The second-order valence-corrected chi connectivity index (χ2v) is 6.53. The predicted octanol–water partition coefficient (Wildman–Crippen LogP) is 4.10. The fraction of sp³-hybridized carbons (Fsp3) is 0.562. The van der Waals surface area contributed by atoms with Crippen molar-refractivity contribution >= 4 is 29.1 Å². The van der Waals surface area contributed by atoms with Crippen molar-refractivity contribution in [1.29, 1.82) is 0 Å². The lowest BCUT2D eigenvalue weighted by Crippen LogP contribution is -2.49. The smallest absolute Gasteiger partial charge is 0.240 e. The maximum Gasteiger partial charge on any atom is 0.240 e. The minimum absolute atomic E-state index is 0.0228. The summed E-state index contributed by atoms with van der Waals surface area (Å²) in [4.78, 5) is 14.4. The van der Waals surface area contributed by atoms with Crippen LogP contribution in [0.15, 0.2) is 18.2 Å². The number of hydrogen-bond donors (Lipinski definition) is 1. The fourth-order valence-corrected chi connectivity index (χ4v) is 2.36. The number of carbonyl (C=O) groups excluding carboxylic acids is 1. The Kier molecular flexibility index (Phi) is 6.98. The number of rotatable bonds is 6. The van der Waals surface area contributed by atoms with Crippen molar-refractivity contribution in [3.63, 3.8) is 0 Å². The van der Waals surface area contributed by atoms with Crippen molar-refractivity contribution < 1.29 is 4.79 Å². The van der Waals surface area contributed by atoms with Gasteiger partial charge in [-0.05, 0) is 37.5 Å². The molecule has 118 valence electrons. The van der Waals surface area contributed by atoms with Crippen molar-refractivity contribution in [3.05, 3.63) is 33.8 Å². The lowest BCUT2D eigenvalue weighted by Gasteiger charge is -2.31. The van der Waals surface area contributed by atoms with Crippen LogP contribution in [0.2, 0.25) is 10.0 Å². The monoisotopic (exact) mass is 330 g/mol. The van der Waals surface area contributed by atoms with E-state index in [1.807, 2.05) is 33.8 Å². The third-order valence-electron chi connectivity index (χ3n) is 3.79. The molecule has 2 atom stereocenters. The van der Waals surface area contributed by atoms with Crippen molar-refractivity contribution in [2.75, 3.05) is 0 Å². The molecule has 0 aromatic heterocycles. The Labute approximate surface area is 137 Å². The molecule has 0 spiro atoms. The van der Waals surface area contributed by atoms with Crippen LogP contribution in [0.25, 0.3) is 0 Å². The van der Waals surface area contributed by atoms with E-state index in [1.165, 1.54) is 0 Å². The van der Waals surface area contributed by atoms with Gasteiger partial charge in [0.1, 0.15) is 0 Å². The van der Waals surface area contributed by atoms with Crippen LogP contribution in [-0.2, 0) is 11.3 Å². The van der Waals surface area contributed by atoms with Crippen LogP contribution < -0.4 is 5.73 Å². The highest BCUT2D eigenvalue weighted by Gasteiger charge is 2.26. The van der Waals surface area contributed by atoms with Crippen molar-refractivity contribution in [1.82, 2.24) is 4.90 Å². The topological polar surface area (TPSA) is 46.3 Å². The number of amides is 1. The normalized spacial score (nSPS) is 14.1. The molecule has 0 heterocycles. The second-order valence-electron chi connectivity index (χ2n) is 5.72. The molecule has 1 aromatic rings. The molecular formula is C16H24Cl2N2O. The van der Waals surface area contributed by atoms with Crippen LogP contribution in [0.1, 0.15) is 39.7 Å². The maximum atomic E-state index is 12.6. The third-order valence-corrected chi connectivity index (χ3v) is 4.52. The molecule has 0 aliphatic carbocycles. The van der Waals surface area contributed by atoms with Gasteiger partial charge in [0.25, 0.3) is 0 Å². The third kappa shape index (κ3) is 4.87. The molecule has 3 nitrogen and oxygen atoms in total. The van der Waals surface area contributed by atoms with E-state index in [-0.39, 0.29) is 17.9 Å². The molecule has 0 fully saturated rings. The van der Waals surface area contributed by atoms with E-state index in [0.717, 1.165) is 12.0 Å². The SMILES string of the molecule is CCC(C)C(N)C(=O)N(Cc1ccc(Cl)c(Cl)c1)C(C)C. The first-order valence-corrected chi connectivity index (χ1v) is 8.03. The predicted molar refractivity (Wildman–Crippen MR) is 89.6 cm³/mol. The molecule has 0 aliphatic rings. The Morgan fingerprint density at radius 3 is 2.33 bits per heavy atom. The first kappa shape index (κ1) is 18.3. The summed E-state index contributed by atoms with van der Waals surface area (Å²) in [6, 6.07) is 5.02. The summed E-state index contributed by atoms with van der Waals surface area (Å²) in [5.41, 5.74) is 7.03. The molecule has 5 heteroatoms. The standard InChI is InChI=1S/C16H24Cl2N2O/c1-5-11(4)15(19)16(21)20(10(2)3)9-12-6-7-13(17)14(18)8-12/h6-8,10-11,15H,5,9,19H2,1-4H3. The highest BCUT2D eigenvalue weighted by atomic mass is 35.5. The Hall–Kier alpha value is -0.770. The van der Waals surface area contributed by atoms with Gasteiger partial charge >= 0.3 is 0 Å². The molecule has 0 saturated carbocycles. The van der Waals surface area contributed by atoms with Gasteiger partial charge < -0.3 is 10.6 Å². The highest BCUT2D eigenvalue weighted by Crippen LogP contribution is 2.24. The fourth-order valence-electron chi connectivity index (χ4n) is 2.04. The van der Waals surface area contributed by atoms with Crippen molar-refractivity contribution in [3.8, 4) is 0 Å². The van der Waals surface area contributed by atoms with Gasteiger partial charge in [0, 0.05) is 12.6 Å². The van der Waals surface area contributed by atoms with Gasteiger partial charge in [-0.1, -0.05) is 49.5 Å². The molecule has 0 saturated heterocycles. The van der Waals surface area contributed by atoms with Crippen molar-refractivity contribution in [2.45, 2.75) is 52.7 Å². The van der Waals surface area contributed by atoms with Gasteiger partial charge in [-0.15, -0.1) is 0 Å². The zero-order valence-corrected chi connectivity index (χ0v) is 14.6. The average molecular weight is 331 g/mol. The van der Waals surface area contributed by atoms with Gasteiger partial charge in [0.15, 0.2) is 0 Å². The number of carbonyl (C=O) groups is 1. The molecule has 0 aliphatic heterocycles. The average Bonchev–Trinajstić information content (AvgIpc) is 2.45. The number of benzene rings is 1. The van der Waals surface area contributed by atoms with E-state index in [0.29, 0.717) is 16.6 Å². The Balaban J connectivity index is 2.91.